The molecule has 0 fully saturated rings. The fourth-order valence-electron chi connectivity index (χ4n) is 2.20. The molecule has 1 atom stereocenters. The highest BCUT2D eigenvalue weighted by atomic mass is 32.2. The summed E-state index contributed by atoms with van der Waals surface area (Å²) in [4.78, 5) is 25.7. The monoisotopic (exact) mass is 344 g/mol. The molecule has 0 aliphatic heterocycles. The zero-order valence-corrected chi connectivity index (χ0v) is 15.0. The Labute approximate surface area is 146 Å². The highest BCUT2D eigenvalue weighted by molar-refractivity contribution is 7.98. The van der Waals surface area contributed by atoms with Gasteiger partial charge < -0.3 is 9.47 Å². The first kappa shape index (κ1) is 18.1. The van der Waals surface area contributed by atoms with E-state index in [0.717, 1.165) is 10.5 Å². The molecule has 0 bridgehead atoms. The predicted octanol–water partition coefficient (Wildman–Crippen LogP) is 4.15. The second-order valence-corrected chi connectivity index (χ2v) is 6.22. The van der Waals surface area contributed by atoms with Crippen LogP contribution in [0.5, 0.6) is 5.75 Å². The number of esters is 1. The standard InChI is InChI=1S/C19H20O4S/c1-12-5-7-14(8-6-12)18(20)13(2)23-19(21)16-10-9-15(24-4)11-17(16)22-3/h5-11,13H,1-4H3. The van der Waals surface area contributed by atoms with Gasteiger partial charge in [0.25, 0.3) is 0 Å². The van der Waals surface area contributed by atoms with Crippen molar-refractivity contribution in [2.45, 2.75) is 24.8 Å². The average Bonchev–Trinajstić information content (AvgIpc) is 2.60. The summed E-state index contributed by atoms with van der Waals surface area (Å²) in [6.45, 7) is 3.52. The number of rotatable bonds is 6. The smallest absolute Gasteiger partial charge is 0.342 e. The van der Waals surface area contributed by atoms with Crippen LogP contribution in [-0.4, -0.2) is 31.2 Å². The summed E-state index contributed by atoms with van der Waals surface area (Å²) in [5.74, 6) is -0.377. The molecule has 0 aromatic heterocycles. The minimum absolute atomic E-state index is 0.233. The summed E-state index contributed by atoms with van der Waals surface area (Å²) in [5, 5.41) is 0. The van der Waals surface area contributed by atoms with E-state index in [-0.39, 0.29) is 5.78 Å². The average molecular weight is 344 g/mol. The zero-order valence-electron chi connectivity index (χ0n) is 14.2. The summed E-state index contributed by atoms with van der Waals surface area (Å²) in [6, 6.07) is 12.4. The summed E-state index contributed by atoms with van der Waals surface area (Å²) in [7, 11) is 1.50. The Kier molecular flexibility index (Phi) is 6.04. The lowest BCUT2D eigenvalue weighted by Crippen LogP contribution is -2.24. The molecule has 1 unspecified atom stereocenters. The van der Waals surface area contributed by atoms with Crippen molar-refractivity contribution < 1.29 is 19.1 Å². The van der Waals surface area contributed by atoms with Gasteiger partial charge in [-0.3, -0.25) is 4.79 Å². The molecule has 0 saturated heterocycles. The van der Waals surface area contributed by atoms with Crippen molar-refractivity contribution in [1.82, 2.24) is 0 Å². The van der Waals surface area contributed by atoms with Gasteiger partial charge in [0.05, 0.1) is 7.11 Å². The second kappa shape index (κ2) is 8.02. The number of hydrogen-bond acceptors (Lipinski definition) is 5. The van der Waals surface area contributed by atoms with Gasteiger partial charge in [-0.15, -0.1) is 11.8 Å². The van der Waals surface area contributed by atoms with Crippen LogP contribution in [0.1, 0.15) is 33.2 Å². The number of hydrogen-bond donors (Lipinski definition) is 0. The number of carbonyl (C=O) groups is 2. The molecule has 2 aromatic carbocycles. The number of benzene rings is 2. The highest BCUT2D eigenvalue weighted by Gasteiger charge is 2.22. The molecular formula is C19H20O4S. The number of ketones is 1. The van der Waals surface area contributed by atoms with Gasteiger partial charge in [0, 0.05) is 10.5 Å². The molecule has 0 radical (unpaired) electrons. The van der Waals surface area contributed by atoms with Crippen molar-refractivity contribution >= 4 is 23.5 Å². The summed E-state index contributed by atoms with van der Waals surface area (Å²) in [5.41, 5.74) is 1.89. The van der Waals surface area contributed by atoms with Crippen LogP contribution in [-0.2, 0) is 4.74 Å². The Morgan fingerprint density at radius 2 is 1.75 bits per heavy atom. The third kappa shape index (κ3) is 4.17. The van der Waals surface area contributed by atoms with E-state index in [4.69, 9.17) is 9.47 Å². The molecular weight excluding hydrogens is 324 g/mol. The molecule has 2 aromatic rings. The van der Waals surface area contributed by atoms with Gasteiger partial charge in [0.15, 0.2) is 6.10 Å². The number of methoxy groups -OCH3 is 1. The van der Waals surface area contributed by atoms with Gasteiger partial charge >= 0.3 is 5.97 Å². The van der Waals surface area contributed by atoms with Gasteiger partial charge in [-0.05, 0) is 38.3 Å². The summed E-state index contributed by atoms with van der Waals surface area (Å²) in [6.07, 6.45) is 1.07. The van der Waals surface area contributed by atoms with Crippen molar-refractivity contribution in [3.8, 4) is 5.75 Å². The quantitative estimate of drug-likeness (QED) is 0.447. The Bertz CT molecular complexity index is 738. The van der Waals surface area contributed by atoms with E-state index in [1.807, 2.05) is 31.4 Å². The largest absolute Gasteiger partial charge is 0.496 e. The number of Topliss-reactive ketones (excluding diaryl/α,β-unsaturated/α-hetero) is 1. The topological polar surface area (TPSA) is 52.6 Å². The van der Waals surface area contributed by atoms with Gasteiger partial charge in [0.2, 0.25) is 5.78 Å². The molecule has 5 heteroatoms. The van der Waals surface area contributed by atoms with E-state index in [1.165, 1.54) is 7.11 Å². The van der Waals surface area contributed by atoms with E-state index in [2.05, 4.69) is 0 Å². The first-order valence-electron chi connectivity index (χ1n) is 7.50. The van der Waals surface area contributed by atoms with Crippen molar-refractivity contribution in [2.24, 2.45) is 0 Å². The maximum atomic E-state index is 12.4. The Morgan fingerprint density at radius 3 is 2.33 bits per heavy atom. The van der Waals surface area contributed by atoms with E-state index < -0.39 is 12.1 Å². The Morgan fingerprint density at radius 1 is 1.08 bits per heavy atom. The number of thioether (sulfide) groups is 1. The van der Waals surface area contributed by atoms with Gasteiger partial charge in [0.1, 0.15) is 11.3 Å². The van der Waals surface area contributed by atoms with Gasteiger partial charge in [-0.2, -0.15) is 0 Å². The van der Waals surface area contributed by atoms with Crippen molar-refractivity contribution in [2.75, 3.05) is 13.4 Å². The van der Waals surface area contributed by atoms with Gasteiger partial charge in [-0.25, -0.2) is 4.79 Å². The Hall–Kier alpha value is -2.27. The maximum Gasteiger partial charge on any atom is 0.342 e. The van der Waals surface area contributed by atoms with Crippen molar-refractivity contribution in [1.29, 1.82) is 0 Å². The van der Waals surface area contributed by atoms with Crippen LogP contribution in [0.15, 0.2) is 47.4 Å². The summed E-state index contributed by atoms with van der Waals surface area (Å²) >= 11 is 1.55. The molecule has 0 N–H and O–H groups in total. The third-order valence-corrected chi connectivity index (χ3v) is 4.34. The van der Waals surface area contributed by atoms with Crippen LogP contribution in [0.4, 0.5) is 0 Å². The molecule has 0 amide bonds. The molecule has 126 valence electrons. The number of aryl methyl sites for hydroxylation is 1. The second-order valence-electron chi connectivity index (χ2n) is 5.34. The minimum atomic E-state index is -0.870. The van der Waals surface area contributed by atoms with Gasteiger partial charge in [-0.1, -0.05) is 29.8 Å². The number of carbonyl (C=O) groups excluding carboxylic acids is 2. The SMILES string of the molecule is COc1cc(SC)ccc1C(=O)OC(C)C(=O)c1ccc(C)cc1. The van der Waals surface area contributed by atoms with Crippen LogP contribution in [0.2, 0.25) is 0 Å². The molecule has 0 aliphatic rings. The molecule has 4 nitrogen and oxygen atoms in total. The minimum Gasteiger partial charge on any atom is -0.496 e. The van der Waals surface area contributed by atoms with Crippen LogP contribution in [0.3, 0.4) is 0 Å². The van der Waals surface area contributed by atoms with E-state index in [1.54, 1.807) is 43.0 Å². The first-order chi connectivity index (χ1) is 11.5. The van der Waals surface area contributed by atoms with Crippen LogP contribution < -0.4 is 4.74 Å². The van der Waals surface area contributed by atoms with Crippen LogP contribution >= 0.6 is 11.8 Å². The fraction of sp³-hybridized carbons (Fsp3) is 0.263. The predicted molar refractivity (Wildman–Crippen MR) is 95.2 cm³/mol. The molecule has 2 rings (SSSR count). The maximum absolute atomic E-state index is 12.4. The van der Waals surface area contributed by atoms with E-state index in [9.17, 15) is 9.59 Å². The lowest BCUT2D eigenvalue weighted by atomic mass is 10.1. The first-order valence-corrected chi connectivity index (χ1v) is 8.72. The molecule has 24 heavy (non-hydrogen) atoms. The zero-order chi connectivity index (χ0) is 17.7. The fourth-order valence-corrected chi connectivity index (χ4v) is 2.63. The van der Waals surface area contributed by atoms with Crippen LogP contribution in [0, 0.1) is 6.92 Å². The van der Waals surface area contributed by atoms with E-state index in [0.29, 0.717) is 16.9 Å². The molecule has 0 aliphatic carbocycles. The lowest BCUT2D eigenvalue weighted by molar-refractivity contribution is 0.0316. The number of ether oxygens (including phenoxy) is 2. The van der Waals surface area contributed by atoms with E-state index >= 15 is 0 Å². The van der Waals surface area contributed by atoms with Crippen molar-refractivity contribution in [3.05, 3.63) is 59.2 Å². The Balaban J connectivity index is 2.14. The normalized spacial score (nSPS) is 11.7. The third-order valence-electron chi connectivity index (χ3n) is 3.62. The molecule has 0 saturated carbocycles. The van der Waals surface area contributed by atoms with Crippen molar-refractivity contribution in [3.63, 3.8) is 0 Å². The summed E-state index contributed by atoms with van der Waals surface area (Å²) < 4.78 is 10.6. The lowest BCUT2D eigenvalue weighted by Gasteiger charge is -2.14. The molecule has 0 heterocycles. The van der Waals surface area contributed by atoms with Crippen LogP contribution in [0.25, 0.3) is 0 Å². The molecule has 0 spiro atoms. The highest BCUT2D eigenvalue weighted by Crippen LogP contribution is 2.26.